The van der Waals surface area contributed by atoms with Crippen LogP contribution in [0.5, 0.6) is 5.75 Å². The quantitative estimate of drug-likeness (QED) is 0.834. The number of phenols is 1. The van der Waals surface area contributed by atoms with Gasteiger partial charge in [0.1, 0.15) is 5.75 Å². The summed E-state index contributed by atoms with van der Waals surface area (Å²) in [6.45, 7) is 0. The molecule has 1 aromatic carbocycles. The fourth-order valence-corrected chi connectivity index (χ4v) is 1.24. The topological polar surface area (TPSA) is 40.5 Å². The predicted molar refractivity (Wildman–Crippen MR) is 48.9 cm³/mol. The van der Waals surface area contributed by atoms with Crippen LogP contribution in [0, 0.1) is 0 Å². The number of hydrogen-bond acceptors (Lipinski definition) is 2. The molecule has 6 heteroatoms. The first-order valence-corrected chi connectivity index (χ1v) is 4.41. The molecule has 0 fully saturated rings. The molecule has 0 spiro atoms. The molecular weight excluding hydrogens is 233 g/mol. The van der Waals surface area contributed by atoms with Gasteiger partial charge in [-0.3, -0.25) is 0 Å². The van der Waals surface area contributed by atoms with E-state index in [2.05, 4.69) is 0 Å². The van der Waals surface area contributed by atoms with Gasteiger partial charge in [0.15, 0.2) is 6.10 Å². The van der Waals surface area contributed by atoms with Crippen molar-refractivity contribution in [1.82, 2.24) is 0 Å². The number of aliphatic hydroxyl groups excluding tert-OH is 1. The molecule has 1 unspecified atom stereocenters. The largest absolute Gasteiger partial charge is 0.506 e. The normalized spacial score (nSPS) is 13.9. The van der Waals surface area contributed by atoms with Crippen molar-refractivity contribution in [2.45, 2.75) is 18.7 Å². The molecule has 0 saturated carbocycles. The van der Waals surface area contributed by atoms with Crippen LogP contribution in [0.4, 0.5) is 13.2 Å². The van der Waals surface area contributed by atoms with E-state index in [4.69, 9.17) is 16.7 Å². The summed E-state index contributed by atoms with van der Waals surface area (Å²) in [5.41, 5.74) is -0.0349. The van der Waals surface area contributed by atoms with Crippen molar-refractivity contribution in [3.63, 3.8) is 0 Å². The molecule has 84 valence electrons. The molecule has 1 rings (SSSR count). The summed E-state index contributed by atoms with van der Waals surface area (Å²) in [6.07, 6.45) is -7.91. The van der Waals surface area contributed by atoms with E-state index in [0.29, 0.717) is 0 Å². The van der Waals surface area contributed by atoms with Crippen LogP contribution in [0.1, 0.15) is 5.56 Å². The smallest absolute Gasteiger partial charge is 0.414 e. The van der Waals surface area contributed by atoms with Gasteiger partial charge in [0, 0.05) is 6.42 Å². The number of halogens is 4. The van der Waals surface area contributed by atoms with Crippen molar-refractivity contribution in [2.75, 3.05) is 0 Å². The van der Waals surface area contributed by atoms with Crippen LogP contribution in [0.2, 0.25) is 5.02 Å². The van der Waals surface area contributed by atoms with E-state index < -0.39 is 24.5 Å². The zero-order valence-electron chi connectivity index (χ0n) is 7.42. The summed E-state index contributed by atoms with van der Waals surface area (Å²) in [5, 5.41) is 18.0. The SMILES string of the molecule is Oc1c(Cl)cccc1CC(O)C(F)(F)F. The second-order valence-electron chi connectivity index (χ2n) is 3.01. The molecule has 0 radical (unpaired) electrons. The lowest BCUT2D eigenvalue weighted by Gasteiger charge is -2.15. The average molecular weight is 241 g/mol. The Hall–Kier alpha value is -0.940. The number of hydrogen-bond donors (Lipinski definition) is 2. The lowest BCUT2D eigenvalue weighted by atomic mass is 10.1. The Morgan fingerprint density at radius 2 is 1.93 bits per heavy atom. The Labute approximate surface area is 88.9 Å². The third-order valence-electron chi connectivity index (χ3n) is 1.86. The maximum Gasteiger partial charge on any atom is 0.414 e. The van der Waals surface area contributed by atoms with E-state index in [0.717, 1.165) is 0 Å². The molecule has 2 nitrogen and oxygen atoms in total. The molecule has 15 heavy (non-hydrogen) atoms. The van der Waals surface area contributed by atoms with Crippen LogP contribution in [0.15, 0.2) is 18.2 Å². The maximum atomic E-state index is 12.0. The summed E-state index contributed by atoms with van der Waals surface area (Å²) in [5.74, 6) is -0.428. The van der Waals surface area contributed by atoms with Crippen LogP contribution < -0.4 is 0 Å². The van der Waals surface area contributed by atoms with Gasteiger partial charge >= 0.3 is 6.18 Å². The molecule has 0 heterocycles. The number of rotatable bonds is 2. The van der Waals surface area contributed by atoms with E-state index in [1.807, 2.05) is 0 Å². The van der Waals surface area contributed by atoms with Crippen LogP contribution in [-0.2, 0) is 6.42 Å². The summed E-state index contributed by atoms with van der Waals surface area (Å²) >= 11 is 5.50. The highest BCUT2D eigenvalue weighted by Crippen LogP contribution is 2.30. The number of alkyl halides is 3. The fraction of sp³-hybridized carbons (Fsp3) is 0.333. The van der Waals surface area contributed by atoms with Gasteiger partial charge in [0.05, 0.1) is 5.02 Å². The monoisotopic (exact) mass is 240 g/mol. The second kappa shape index (κ2) is 4.28. The zero-order valence-corrected chi connectivity index (χ0v) is 8.18. The van der Waals surface area contributed by atoms with Crippen molar-refractivity contribution in [2.24, 2.45) is 0 Å². The summed E-state index contributed by atoms with van der Waals surface area (Å²) < 4.78 is 36.0. The molecule has 0 bridgehead atoms. The van der Waals surface area contributed by atoms with Gasteiger partial charge in [-0.2, -0.15) is 13.2 Å². The lowest BCUT2D eigenvalue weighted by Crippen LogP contribution is -2.30. The number of para-hydroxylation sites is 1. The highest BCUT2D eigenvalue weighted by atomic mass is 35.5. The standard InChI is InChI=1S/C9H8ClF3O2/c10-6-3-1-2-5(8(6)15)4-7(14)9(11,12)13/h1-3,7,14-15H,4H2. The van der Waals surface area contributed by atoms with E-state index >= 15 is 0 Å². The van der Waals surface area contributed by atoms with Crippen LogP contribution in [-0.4, -0.2) is 22.5 Å². The molecule has 2 N–H and O–H groups in total. The Balaban J connectivity index is 2.86. The second-order valence-corrected chi connectivity index (χ2v) is 3.42. The lowest BCUT2D eigenvalue weighted by molar-refractivity contribution is -0.203. The van der Waals surface area contributed by atoms with Gasteiger partial charge in [-0.05, 0) is 11.6 Å². The maximum absolute atomic E-state index is 12.0. The highest BCUT2D eigenvalue weighted by Gasteiger charge is 2.38. The van der Waals surface area contributed by atoms with Crippen LogP contribution in [0.25, 0.3) is 0 Å². The molecular formula is C9H8ClF3O2. The Bertz CT molecular complexity index is 352. The molecule has 1 atom stereocenters. The molecule has 0 aliphatic rings. The number of aromatic hydroxyl groups is 1. The fourth-order valence-electron chi connectivity index (χ4n) is 1.05. The van der Waals surface area contributed by atoms with Crippen LogP contribution in [0.3, 0.4) is 0 Å². The van der Waals surface area contributed by atoms with Crippen molar-refractivity contribution >= 4 is 11.6 Å². The highest BCUT2D eigenvalue weighted by molar-refractivity contribution is 6.32. The van der Waals surface area contributed by atoms with E-state index in [1.165, 1.54) is 18.2 Å². The molecule has 0 aliphatic heterocycles. The first kappa shape index (κ1) is 12.1. The van der Waals surface area contributed by atoms with Crippen molar-refractivity contribution in [1.29, 1.82) is 0 Å². The van der Waals surface area contributed by atoms with Crippen molar-refractivity contribution < 1.29 is 23.4 Å². The van der Waals surface area contributed by atoms with Crippen molar-refractivity contribution in [3.05, 3.63) is 28.8 Å². The molecule has 0 saturated heterocycles. The summed E-state index contributed by atoms with van der Waals surface area (Å²) in [4.78, 5) is 0. The number of phenolic OH excluding ortho intramolecular Hbond substituents is 1. The minimum atomic E-state index is -4.70. The van der Waals surface area contributed by atoms with E-state index in [1.54, 1.807) is 0 Å². The van der Waals surface area contributed by atoms with Gasteiger partial charge in [-0.15, -0.1) is 0 Å². The average Bonchev–Trinajstić information content (AvgIpc) is 2.11. The Morgan fingerprint density at radius 1 is 1.33 bits per heavy atom. The number of aliphatic hydroxyl groups is 1. The third kappa shape index (κ3) is 3.00. The zero-order chi connectivity index (χ0) is 11.6. The molecule has 0 aliphatic carbocycles. The summed E-state index contributed by atoms with van der Waals surface area (Å²) in [6, 6.07) is 4.02. The minimum absolute atomic E-state index is 0.0349. The Kier molecular flexibility index (Phi) is 3.46. The van der Waals surface area contributed by atoms with Gasteiger partial charge in [-0.25, -0.2) is 0 Å². The first-order chi connectivity index (χ1) is 6.82. The minimum Gasteiger partial charge on any atom is -0.506 e. The first-order valence-electron chi connectivity index (χ1n) is 4.03. The van der Waals surface area contributed by atoms with Gasteiger partial charge in [0.2, 0.25) is 0 Å². The van der Waals surface area contributed by atoms with Gasteiger partial charge in [-0.1, -0.05) is 23.7 Å². The number of benzene rings is 1. The summed E-state index contributed by atoms with van der Waals surface area (Å²) in [7, 11) is 0. The third-order valence-corrected chi connectivity index (χ3v) is 2.17. The van der Waals surface area contributed by atoms with Crippen LogP contribution >= 0.6 is 11.6 Å². The van der Waals surface area contributed by atoms with Gasteiger partial charge < -0.3 is 10.2 Å². The predicted octanol–water partition coefficient (Wildman–Crippen LogP) is 2.51. The molecule has 0 amide bonds. The van der Waals surface area contributed by atoms with E-state index in [-0.39, 0.29) is 10.6 Å². The molecule has 1 aromatic rings. The van der Waals surface area contributed by atoms with Crippen molar-refractivity contribution in [3.8, 4) is 5.75 Å². The van der Waals surface area contributed by atoms with Gasteiger partial charge in [0.25, 0.3) is 0 Å². The van der Waals surface area contributed by atoms with E-state index in [9.17, 15) is 18.3 Å². The molecule has 0 aromatic heterocycles. The Morgan fingerprint density at radius 3 is 2.47 bits per heavy atom.